The number of carbonyl (C=O) groups excluding carboxylic acids is 2. The van der Waals surface area contributed by atoms with E-state index in [2.05, 4.69) is 27.0 Å². The van der Waals surface area contributed by atoms with Crippen LogP contribution < -0.4 is 0 Å². The maximum absolute atomic E-state index is 13.7. The highest BCUT2D eigenvalue weighted by molar-refractivity contribution is 5.94. The number of carbonyl (C=O) groups is 2. The summed E-state index contributed by atoms with van der Waals surface area (Å²) in [6.45, 7) is 15.9. The molecule has 0 spiro atoms. The van der Waals surface area contributed by atoms with E-state index in [1.54, 1.807) is 6.08 Å². The minimum Gasteiger partial charge on any atom is -0.458 e. The number of hydrogen-bond acceptors (Lipinski definition) is 10. The zero-order valence-electron chi connectivity index (χ0n) is 30.4. The molecule has 1 aliphatic heterocycles. The average molecular weight is 701 g/mol. The Morgan fingerprint density at radius 3 is 1.94 bits per heavy atom. The quantitative estimate of drug-likeness (QED) is 0.111. The zero-order valence-corrected chi connectivity index (χ0v) is 30.4. The Morgan fingerprint density at radius 2 is 1.42 bits per heavy atom. The van der Waals surface area contributed by atoms with Crippen LogP contribution in [0.2, 0.25) is 0 Å². The topological polar surface area (TPSA) is 174 Å². The van der Waals surface area contributed by atoms with Crippen LogP contribution in [0.5, 0.6) is 0 Å². The van der Waals surface area contributed by atoms with Crippen LogP contribution in [0.1, 0.15) is 91.9 Å². The molecule has 12 unspecified atom stereocenters. The van der Waals surface area contributed by atoms with Crippen LogP contribution in [-0.4, -0.2) is 93.4 Å². The molecule has 0 bridgehead atoms. The molecule has 50 heavy (non-hydrogen) atoms. The summed E-state index contributed by atoms with van der Waals surface area (Å²) >= 11 is 0. The van der Waals surface area contributed by atoms with Crippen molar-refractivity contribution in [1.82, 2.24) is 0 Å². The van der Waals surface area contributed by atoms with Crippen molar-refractivity contribution in [3.05, 3.63) is 47.6 Å². The highest BCUT2D eigenvalue weighted by atomic mass is 16.6. The summed E-state index contributed by atoms with van der Waals surface area (Å²) in [5, 5.41) is 63.8. The molecule has 4 aliphatic carbocycles. The fraction of sp³-hybridized carbons (Fsp3) is 0.750. The highest BCUT2D eigenvalue weighted by Crippen LogP contribution is 2.63. The van der Waals surface area contributed by atoms with Gasteiger partial charge in [0.25, 0.3) is 0 Å². The van der Waals surface area contributed by atoms with Gasteiger partial charge in [-0.05, 0) is 105 Å². The lowest BCUT2D eigenvalue weighted by atomic mass is 9.46. The zero-order chi connectivity index (χ0) is 36.8. The molecule has 0 radical (unpaired) electrons. The van der Waals surface area contributed by atoms with E-state index in [9.17, 15) is 40.2 Å². The van der Waals surface area contributed by atoms with Gasteiger partial charge in [0.05, 0.1) is 49.3 Å². The largest absolute Gasteiger partial charge is 0.458 e. The van der Waals surface area contributed by atoms with Crippen molar-refractivity contribution in [2.75, 3.05) is 26.4 Å². The van der Waals surface area contributed by atoms with Crippen LogP contribution in [0.15, 0.2) is 47.6 Å². The van der Waals surface area contributed by atoms with Crippen molar-refractivity contribution < 1.29 is 49.7 Å². The third kappa shape index (κ3) is 6.47. The molecule has 10 nitrogen and oxygen atoms in total. The molecule has 5 aliphatic rings. The number of cyclic esters (lactones) is 1. The fourth-order valence-corrected chi connectivity index (χ4v) is 11.3. The van der Waals surface area contributed by atoms with E-state index in [-0.39, 0.29) is 71.9 Å². The first kappa shape index (κ1) is 38.9. The molecule has 0 aromatic heterocycles. The molecule has 6 N–H and O–H groups in total. The van der Waals surface area contributed by atoms with Crippen molar-refractivity contribution in [1.29, 1.82) is 0 Å². The second-order valence-electron chi connectivity index (χ2n) is 17.0. The summed E-state index contributed by atoms with van der Waals surface area (Å²) in [6, 6.07) is 0. The van der Waals surface area contributed by atoms with Crippen molar-refractivity contribution in [2.45, 2.75) is 116 Å². The summed E-state index contributed by atoms with van der Waals surface area (Å²) in [6.07, 6.45) is 5.58. The average Bonchev–Trinajstić information content (AvgIpc) is 3.42. The monoisotopic (exact) mass is 700 g/mol. The number of hydrogen-bond donors (Lipinski definition) is 6. The number of rotatable bonds is 10. The van der Waals surface area contributed by atoms with Crippen molar-refractivity contribution >= 4 is 11.9 Å². The number of fused-ring (bicyclic) bond motifs is 2. The Balaban J connectivity index is 1.32. The van der Waals surface area contributed by atoms with E-state index in [0.29, 0.717) is 32.1 Å². The first-order valence-corrected chi connectivity index (χ1v) is 18.5. The molecule has 0 amide bonds. The van der Waals surface area contributed by atoms with E-state index in [4.69, 9.17) is 9.47 Å². The number of ether oxygens (including phenoxy) is 2. The molecule has 5 rings (SSSR count). The molecule has 0 aromatic rings. The normalized spacial score (nSPS) is 43.6. The van der Waals surface area contributed by atoms with E-state index in [1.807, 2.05) is 13.8 Å². The van der Waals surface area contributed by atoms with Gasteiger partial charge >= 0.3 is 11.9 Å². The number of aliphatic hydroxyl groups excluding tert-OH is 6. The molecular formula is C40H60O10. The lowest BCUT2D eigenvalue weighted by Crippen LogP contribution is -2.57. The van der Waals surface area contributed by atoms with Crippen LogP contribution in [-0.2, 0) is 19.1 Å². The van der Waals surface area contributed by atoms with Gasteiger partial charge in [-0.15, -0.1) is 0 Å². The summed E-state index contributed by atoms with van der Waals surface area (Å²) in [5.41, 5.74) is 0.134. The van der Waals surface area contributed by atoms with E-state index in [0.717, 1.165) is 36.8 Å². The number of esters is 2. The summed E-state index contributed by atoms with van der Waals surface area (Å²) in [7, 11) is 0. The fourth-order valence-electron chi connectivity index (χ4n) is 11.3. The molecule has 0 aromatic carbocycles. The Kier molecular flexibility index (Phi) is 11.3. The Hall–Kier alpha value is -2.34. The first-order chi connectivity index (χ1) is 23.5. The van der Waals surface area contributed by atoms with Crippen molar-refractivity contribution in [2.24, 2.45) is 45.3 Å². The van der Waals surface area contributed by atoms with Gasteiger partial charge < -0.3 is 40.1 Å². The van der Waals surface area contributed by atoms with Gasteiger partial charge in [0.1, 0.15) is 6.61 Å². The van der Waals surface area contributed by atoms with Gasteiger partial charge in [0.2, 0.25) is 0 Å². The van der Waals surface area contributed by atoms with E-state index < -0.39 is 53.8 Å². The lowest BCUT2D eigenvalue weighted by molar-refractivity contribution is -0.155. The summed E-state index contributed by atoms with van der Waals surface area (Å²) in [4.78, 5) is 26.6. The minimum atomic E-state index is -1.30. The maximum Gasteiger partial charge on any atom is 0.337 e. The molecule has 1 saturated heterocycles. The van der Waals surface area contributed by atoms with Gasteiger partial charge in [-0.1, -0.05) is 58.1 Å². The predicted octanol–water partition coefficient (Wildman–Crippen LogP) is 3.93. The van der Waals surface area contributed by atoms with Crippen LogP contribution in [0.25, 0.3) is 0 Å². The summed E-state index contributed by atoms with van der Waals surface area (Å²) < 4.78 is 11.2. The number of aliphatic hydroxyl groups is 6. The third-order valence-corrected chi connectivity index (χ3v) is 14.5. The van der Waals surface area contributed by atoms with Gasteiger partial charge in [-0.25, -0.2) is 9.59 Å². The van der Waals surface area contributed by atoms with Crippen molar-refractivity contribution in [3.63, 3.8) is 0 Å². The van der Waals surface area contributed by atoms with Crippen LogP contribution in [0.3, 0.4) is 0 Å². The van der Waals surface area contributed by atoms with Gasteiger partial charge in [0.15, 0.2) is 6.10 Å². The standard InChI is InChI=1S/C40H60O10/c1-23-7-11-31-37(3,16-13-33(45)39(31,5)21-42)27(23)10-9-26-30(20-49-35(26)47)50-36(48)25(15-18-41)29(44)19-28-24(2)8-12-32-38(28,4)17-14-34(46)40(32,6)22-43/h9,15,27-34,41-46H,1-2,7-8,10-14,16-22H2,3-6H3. The van der Waals surface area contributed by atoms with Crippen LogP contribution in [0, 0.1) is 45.3 Å². The summed E-state index contributed by atoms with van der Waals surface area (Å²) in [5.74, 6) is -1.63. The smallest absolute Gasteiger partial charge is 0.337 e. The molecule has 4 saturated carbocycles. The van der Waals surface area contributed by atoms with Crippen molar-refractivity contribution in [3.8, 4) is 0 Å². The third-order valence-electron chi connectivity index (χ3n) is 14.5. The molecule has 10 heteroatoms. The van der Waals surface area contributed by atoms with Gasteiger partial charge in [-0.2, -0.15) is 0 Å². The molecule has 5 fully saturated rings. The van der Waals surface area contributed by atoms with Crippen LogP contribution >= 0.6 is 0 Å². The Labute approximate surface area is 296 Å². The van der Waals surface area contributed by atoms with E-state index in [1.165, 1.54) is 6.08 Å². The molecule has 280 valence electrons. The van der Waals surface area contributed by atoms with E-state index >= 15 is 0 Å². The molecule has 1 heterocycles. The second kappa shape index (κ2) is 14.6. The first-order valence-electron chi connectivity index (χ1n) is 18.5. The minimum absolute atomic E-state index is 0.0214. The SMILES string of the molecule is C=C1CCC2C(C)(CO)C(O)CCC2(C)C1CC=C1C(=O)OCC1OC(=O)C(=CCO)C(O)CC1C(=C)CCC2C(C)(CO)C(O)CCC12C. The predicted molar refractivity (Wildman–Crippen MR) is 187 cm³/mol. The Morgan fingerprint density at radius 1 is 0.900 bits per heavy atom. The Bertz CT molecular complexity index is 1400. The number of allylic oxidation sites excluding steroid dienone is 3. The molecular weight excluding hydrogens is 640 g/mol. The van der Waals surface area contributed by atoms with Gasteiger partial charge in [0, 0.05) is 10.8 Å². The lowest BCUT2D eigenvalue weighted by Gasteiger charge is -2.60. The van der Waals surface area contributed by atoms with Gasteiger partial charge in [-0.3, -0.25) is 0 Å². The highest BCUT2D eigenvalue weighted by Gasteiger charge is 2.59. The van der Waals surface area contributed by atoms with Crippen LogP contribution in [0.4, 0.5) is 0 Å². The molecule has 12 atom stereocenters. The second-order valence-corrected chi connectivity index (χ2v) is 17.0. The maximum atomic E-state index is 13.7.